The van der Waals surface area contributed by atoms with Gasteiger partial charge in [0.2, 0.25) is 0 Å². The van der Waals surface area contributed by atoms with E-state index in [4.69, 9.17) is 10.5 Å². The second-order valence-corrected chi connectivity index (χ2v) is 3.28. The monoisotopic (exact) mass is 226 g/mol. The molecular weight excluding hydrogens is 212 g/mol. The van der Waals surface area contributed by atoms with Crippen molar-refractivity contribution in [1.29, 1.82) is 0 Å². The van der Waals surface area contributed by atoms with Crippen molar-refractivity contribution >= 4 is 29.0 Å². The van der Waals surface area contributed by atoms with Crippen molar-refractivity contribution in [2.24, 2.45) is 0 Å². The van der Waals surface area contributed by atoms with E-state index < -0.39 is 0 Å². The van der Waals surface area contributed by atoms with Gasteiger partial charge in [-0.2, -0.15) is 0 Å². The highest BCUT2D eigenvalue weighted by Gasteiger charge is 2.02. The molecule has 0 unspecified atom stereocenters. The number of halogens is 1. The summed E-state index contributed by atoms with van der Waals surface area (Å²) in [6.07, 6.45) is 2.04. The zero-order chi connectivity index (χ0) is 9.97. The fraction of sp³-hybridized carbons (Fsp3) is 0.273. The van der Waals surface area contributed by atoms with Crippen molar-refractivity contribution in [1.82, 2.24) is 4.57 Å². The van der Waals surface area contributed by atoms with Crippen LogP contribution < -0.4 is 5.73 Å². The molecule has 0 aliphatic heterocycles. The summed E-state index contributed by atoms with van der Waals surface area (Å²) in [7, 11) is 1.71. The Morgan fingerprint density at radius 2 is 2.13 bits per heavy atom. The molecule has 0 saturated carbocycles. The van der Waals surface area contributed by atoms with Crippen LogP contribution in [0.5, 0.6) is 0 Å². The van der Waals surface area contributed by atoms with E-state index in [0.717, 1.165) is 24.2 Å². The summed E-state index contributed by atoms with van der Waals surface area (Å²) in [4.78, 5) is 0. The molecule has 0 amide bonds. The topological polar surface area (TPSA) is 40.2 Å². The van der Waals surface area contributed by atoms with E-state index in [1.54, 1.807) is 7.11 Å². The largest absolute Gasteiger partial charge is 0.398 e. The lowest BCUT2D eigenvalue weighted by Gasteiger charge is -2.04. The van der Waals surface area contributed by atoms with Crippen LogP contribution in [0.2, 0.25) is 0 Å². The van der Waals surface area contributed by atoms with Gasteiger partial charge in [0.15, 0.2) is 0 Å². The van der Waals surface area contributed by atoms with Crippen LogP contribution in [0.4, 0.5) is 5.69 Å². The predicted octanol–water partition coefficient (Wildman–Crippen LogP) is 2.29. The van der Waals surface area contributed by atoms with Gasteiger partial charge in [-0.1, -0.05) is 6.07 Å². The maximum atomic E-state index is 5.85. The van der Waals surface area contributed by atoms with Gasteiger partial charge in [-0.3, -0.25) is 0 Å². The van der Waals surface area contributed by atoms with Crippen molar-refractivity contribution in [2.45, 2.75) is 6.54 Å². The van der Waals surface area contributed by atoms with E-state index in [0.29, 0.717) is 0 Å². The molecule has 0 radical (unpaired) electrons. The minimum absolute atomic E-state index is 0. The zero-order valence-electron chi connectivity index (χ0n) is 8.64. The summed E-state index contributed by atoms with van der Waals surface area (Å²) in [6, 6.07) is 8.01. The average molecular weight is 227 g/mol. The van der Waals surface area contributed by atoms with Crippen LogP contribution in [0.25, 0.3) is 10.9 Å². The molecule has 4 heteroatoms. The Labute approximate surface area is 95.2 Å². The molecule has 0 aliphatic carbocycles. The highest BCUT2D eigenvalue weighted by Crippen LogP contribution is 2.21. The molecule has 2 aromatic rings. The second kappa shape index (κ2) is 5.05. The fourth-order valence-corrected chi connectivity index (χ4v) is 1.63. The van der Waals surface area contributed by atoms with Crippen LogP contribution in [-0.2, 0) is 11.3 Å². The number of hydrogen-bond acceptors (Lipinski definition) is 2. The lowest BCUT2D eigenvalue weighted by atomic mass is 10.2. The van der Waals surface area contributed by atoms with Gasteiger partial charge in [0.05, 0.1) is 12.1 Å². The molecule has 2 rings (SSSR count). The molecule has 0 bridgehead atoms. The highest BCUT2D eigenvalue weighted by atomic mass is 35.5. The van der Waals surface area contributed by atoms with Crippen LogP contribution in [0.15, 0.2) is 30.5 Å². The lowest BCUT2D eigenvalue weighted by molar-refractivity contribution is 0.188. The van der Waals surface area contributed by atoms with E-state index in [9.17, 15) is 0 Å². The maximum absolute atomic E-state index is 5.85. The average Bonchev–Trinajstić information content (AvgIpc) is 2.60. The molecule has 1 aromatic carbocycles. The minimum atomic E-state index is 0. The van der Waals surface area contributed by atoms with Crippen molar-refractivity contribution in [3.05, 3.63) is 30.5 Å². The summed E-state index contributed by atoms with van der Waals surface area (Å²) >= 11 is 0. The molecule has 3 nitrogen and oxygen atoms in total. The predicted molar refractivity (Wildman–Crippen MR) is 65.5 cm³/mol. The Bertz CT molecular complexity index is 439. The van der Waals surface area contributed by atoms with Gasteiger partial charge in [-0.05, 0) is 18.2 Å². The number of rotatable bonds is 3. The Morgan fingerprint density at radius 1 is 1.33 bits per heavy atom. The van der Waals surface area contributed by atoms with Crippen LogP contribution in [-0.4, -0.2) is 18.3 Å². The van der Waals surface area contributed by atoms with Crippen molar-refractivity contribution in [2.75, 3.05) is 19.5 Å². The summed E-state index contributed by atoms with van der Waals surface area (Å²) in [5, 5.41) is 1.11. The number of methoxy groups -OCH3 is 1. The number of fused-ring (bicyclic) bond motifs is 1. The normalized spacial score (nSPS) is 10.2. The molecule has 0 saturated heterocycles. The van der Waals surface area contributed by atoms with E-state index in [2.05, 4.69) is 10.6 Å². The van der Waals surface area contributed by atoms with Crippen LogP contribution >= 0.6 is 12.4 Å². The van der Waals surface area contributed by atoms with Crippen LogP contribution in [0.3, 0.4) is 0 Å². The van der Waals surface area contributed by atoms with Crippen molar-refractivity contribution in [3.8, 4) is 0 Å². The Hall–Kier alpha value is -1.19. The Kier molecular flexibility index (Phi) is 4.00. The first-order valence-electron chi connectivity index (χ1n) is 4.65. The quantitative estimate of drug-likeness (QED) is 0.816. The zero-order valence-corrected chi connectivity index (χ0v) is 9.46. The van der Waals surface area contributed by atoms with Gasteiger partial charge in [0.1, 0.15) is 0 Å². The smallest absolute Gasteiger partial charge is 0.0641 e. The summed E-state index contributed by atoms with van der Waals surface area (Å²) in [6.45, 7) is 1.59. The SMILES string of the molecule is COCCn1ccc2c(N)cccc21.Cl. The maximum Gasteiger partial charge on any atom is 0.0641 e. The number of aromatic nitrogens is 1. The first-order valence-corrected chi connectivity index (χ1v) is 4.65. The second-order valence-electron chi connectivity index (χ2n) is 3.28. The molecular formula is C11H15ClN2O. The number of ether oxygens (including phenoxy) is 1. The number of nitrogens with zero attached hydrogens (tertiary/aromatic N) is 1. The molecule has 0 fully saturated rings. The molecule has 0 aliphatic rings. The number of nitrogen functional groups attached to an aromatic ring is 1. The third-order valence-electron chi connectivity index (χ3n) is 2.38. The van der Waals surface area contributed by atoms with Gasteiger partial charge >= 0.3 is 0 Å². The molecule has 0 atom stereocenters. The first kappa shape index (κ1) is 11.9. The third-order valence-corrected chi connectivity index (χ3v) is 2.38. The molecule has 0 spiro atoms. The summed E-state index contributed by atoms with van der Waals surface area (Å²) < 4.78 is 7.19. The Balaban J connectivity index is 0.00000112. The molecule has 2 N–H and O–H groups in total. The van der Waals surface area contributed by atoms with Crippen molar-refractivity contribution < 1.29 is 4.74 Å². The third kappa shape index (κ3) is 2.25. The summed E-state index contributed by atoms with van der Waals surface area (Å²) in [5.74, 6) is 0. The van der Waals surface area contributed by atoms with Crippen LogP contribution in [0.1, 0.15) is 0 Å². The number of nitrogens with two attached hydrogens (primary N) is 1. The number of anilines is 1. The Morgan fingerprint density at radius 3 is 2.87 bits per heavy atom. The number of benzene rings is 1. The molecule has 15 heavy (non-hydrogen) atoms. The number of hydrogen-bond donors (Lipinski definition) is 1. The highest BCUT2D eigenvalue weighted by molar-refractivity contribution is 5.91. The standard InChI is InChI=1S/C11H14N2O.ClH/c1-14-8-7-13-6-5-9-10(12)3-2-4-11(9)13;/h2-6H,7-8,12H2,1H3;1H. The van der Waals surface area contributed by atoms with E-state index >= 15 is 0 Å². The van der Waals surface area contributed by atoms with Gasteiger partial charge < -0.3 is 15.0 Å². The first-order chi connectivity index (χ1) is 6.83. The van der Waals surface area contributed by atoms with E-state index in [1.807, 2.05) is 24.4 Å². The van der Waals surface area contributed by atoms with Crippen molar-refractivity contribution in [3.63, 3.8) is 0 Å². The fourth-order valence-electron chi connectivity index (χ4n) is 1.63. The van der Waals surface area contributed by atoms with E-state index in [-0.39, 0.29) is 12.4 Å². The van der Waals surface area contributed by atoms with Gasteiger partial charge in [0, 0.05) is 30.9 Å². The van der Waals surface area contributed by atoms with Crippen LogP contribution in [0, 0.1) is 0 Å². The van der Waals surface area contributed by atoms with Gasteiger partial charge in [0.25, 0.3) is 0 Å². The summed E-state index contributed by atoms with van der Waals surface area (Å²) in [5.41, 5.74) is 7.85. The molecule has 1 aromatic heterocycles. The van der Waals surface area contributed by atoms with E-state index in [1.165, 1.54) is 5.52 Å². The molecule has 1 heterocycles. The minimum Gasteiger partial charge on any atom is -0.398 e. The van der Waals surface area contributed by atoms with Gasteiger partial charge in [-0.25, -0.2) is 0 Å². The lowest BCUT2D eigenvalue weighted by Crippen LogP contribution is -2.02. The molecule has 82 valence electrons. The van der Waals surface area contributed by atoms with Gasteiger partial charge in [-0.15, -0.1) is 12.4 Å².